The summed E-state index contributed by atoms with van der Waals surface area (Å²) in [5.41, 5.74) is 1.74. The number of aliphatic hydroxyl groups excluding tert-OH is 1. The SMILES string of the molecule is CC(C)c1ccc(NC(=O)C(=O)NCCOCCO)cc1. The molecule has 1 aromatic carbocycles. The van der Waals surface area contributed by atoms with Gasteiger partial charge in [-0.25, -0.2) is 0 Å². The molecule has 0 bridgehead atoms. The van der Waals surface area contributed by atoms with Crippen molar-refractivity contribution in [2.45, 2.75) is 19.8 Å². The summed E-state index contributed by atoms with van der Waals surface area (Å²) in [7, 11) is 0. The number of benzene rings is 1. The van der Waals surface area contributed by atoms with Crippen molar-refractivity contribution in [2.24, 2.45) is 0 Å². The van der Waals surface area contributed by atoms with E-state index in [-0.39, 0.29) is 26.4 Å². The van der Waals surface area contributed by atoms with Gasteiger partial charge in [0.15, 0.2) is 0 Å². The van der Waals surface area contributed by atoms with E-state index in [0.717, 1.165) is 0 Å². The Labute approximate surface area is 124 Å². The fraction of sp³-hybridized carbons (Fsp3) is 0.467. The lowest BCUT2D eigenvalue weighted by molar-refractivity contribution is -0.136. The molecule has 0 aliphatic rings. The molecule has 0 saturated carbocycles. The van der Waals surface area contributed by atoms with Gasteiger partial charge < -0.3 is 20.5 Å². The third-order valence-corrected chi connectivity index (χ3v) is 2.81. The van der Waals surface area contributed by atoms with E-state index in [1.807, 2.05) is 12.1 Å². The van der Waals surface area contributed by atoms with Crippen molar-refractivity contribution in [3.63, 3.8) is 0 Å². The molecule has 0 aromatic heterocycles. The molecule has 21 heavy (non-hydrogen) atoms. The Morgan fingerprint density at radius 2 is 1.81 bits per heavy atom. The molecule has 0 saturated heterocycles. The van der Waals surface area contributed by atoms with Crippen LogP contribution in [0, 0.1) is 0 Å². The third-order valence-electron chi connectivity index (χ3n) is 2.81. The van der Waals surface area contributed by atoms with Crippen molar-refractivity contribution < 1.29 is 19.4 Å². The Morgan fingerprint density at radius 3 is 2.38 bits per heavy atom. The lowest BCUT2D eigenvalue weighted by Crippen LogP contribution is -2.37. The fourth-order valence-corrected chi connectivity index (χ4v) is 1.62. The van der Waals surface area contributed by atoms with Gasteiger partial charge in [-0.1, -0.05) is 26.0 Å². The summed E-state index contributed by atoms with van der Waals surface area (Å²) in [6.45, 7) is 4.78. The molecule has 3 N–H and O–H groups in total. The second-order valence-corrected chi connectivity index (χ2v) is 4.82. The zero-order valence-electron chi connectivity index (χ0n) is 12.4. The molecule has 0 radical (unpaired) electrons. The van der Waals surface area contributed by atoms with Gasteiger partial charge in [0.1, 0.15) is 0 Å². The minimum absolute atomic E-state index is 0.0686. The first kappa shape index (κ1) is 17.1. The van der Waals surface area contributed by atoms with Crippen molar-refractivity contribution in [2.75, 3.05) is 31.7 Å². The molecule has 0 heterocycles. The van der Waals surface area contributed by atoms with Gasteiger partial charge in [-0.15, -0.1) is 0 Å². The quantitative estimate of drug-likeness (QED) is 0.514. The van der Waals surface area contributed by atoms with Crippen molar-refractivity contribution in [3.05, 3.63) is 29.8 Å². The van der Waals surface area contributed by atoms with Crippen LogP contribution in [0.25, 0.3) is 0 Å². The Morgan fingerprint density at radius 1 is 1.14 bits per heavy atom. The third kappa shape index (κ3) is 6.37. The van der Waals surface area contributed by atoms with Crippen LogP contribution >= 0.6 is 0 Å². The minimum atomic E-state index is -0.713. The molecular formula is C15H22N2O4. The highest BCUT2D eigenvalue weighted by atomic mass is 16.5. The molecule has 0 fully saturated rings. The van der Waals surface area contributed by atoms with Crippen LogP contribution in [-0.4, -0.2) is 43.3 Å². The lowest BCUT2D eigenvalue weighted by Gasteiger charge is -2.09. The van der Waals surface area contributed by atoms with Crippen LogP contribution in [-0.2, 0) is 14.3 Å². The van der Waals surface area contributed by atoms with Crippen molar-refractivity contribution >= 4 is 17.5 Å². The van der Waals surface area contributed by atoms with Crippen LogP contribution in [0.4, 0.5) is 5.69 Å². The van der Waals surface area contributed by atoms with Crippen LogP contribution in [0.15, 0.2) is 24.3 Å². The van der Waals surface area contributed by atoms with Gasteiger partial charge in [-0.2, -0.15) is 0 Å². The average molecular weight is 294 g/mol. The smallest absolute Gasteiger partial charge is 0.313 e. The predicted octanol–water partition coefficient (Wildman–Crippen LogP) is 0.874. The maximum atomic E-state index is 11.6. The number of carbonyl (C=O) groups is 2. The van der Waals surface area contributed by atoms with Gasteiger partial charge in [0.25, 0.3) is 0 Å². The minimum Gasteiger partial charge on any atom is -0.394 e. The molecule has 6 heteroatoms. The lowest BCUT2D eigenvalue weighted by atomic mass is 10.0. The maximum absolute atomic E-state index is 11.6. The highest BCUT2D eigenvalue weighted by molar-refractivity contribution is 6.39. The zero-order valence-corrected chi connectivity index (χ0v) is 12.4. The number of nitrogens with one attached hydrogen (secondary N) is 2. The van der Waals surface area contributed by atoms with E-state index in [1.165, 1.54) is 5.56 Å². The molecule has 0 spiro atoms. The average Bonchev–Trinajstić information content (AvgIpc) is 2.47. The Bertz CT molecular complexity index is 457. The first-order valence-electron chi connectivity index (χ1n) is 6.92. The van der Waals surface area contributed by atoms with Gasteiger partial charge in [0.2, 0.25) is 0 Å². The number of anilines is 1. The van der Waals surface area contributed by atoms with E-state index in [9.17, 15) is 9.59 Å². The normalized spacial score (nSPS) is 10.5. The van der Waals surface area contributed by atoms with Gasteiger partial charge in [-0.05, 0) is 23.6 Å². The van der Waals surface area contributed by atoms with E-state index in [1.54, 1.807) is 12.1 Å². The monoisotopic (exact) mass is 294 g/mol. The first-order chi connectivity index (χ1) is 10.0. The number of hydrogen-bond acceptors (Lipinski definition) is 4. The number of aliphatic hydroxyl groups is 1. The van der Waals surface area contributed by atoms with Gasteiger partial charge in [0.05, 0.1) is 19.8 Å². The molecule has 1 aromatic rings. The molecule has 0 aliphatic carbocycles. The van der Waals surface area contributed by atoms with Crippen LogP contribution in [0.3, 0.4) is 0 Å². The first-order valence-corrected chi connectivity index (χ1v) is 6.92. The molecule has 0 aliphatic heterocycles. The van der Waals surface area contributed by atoms with E-state index >= 15 is 0 Å². The van der Waals surface area contributed by atoms with E-state index < -0.39 is 11.8 Å². The fourth-order valence-electron chi connectivity index (χ4n) is 1.62. The largest absolute Gasteiger partial charge is 0.394 e. The summed E-state index contributed by atoms with van der Waals surface area (Å²) in [5.74, 6) is -1.01. The van der Waals surface area contributed by atoms with E-state index in [4.69, 9.17) is 9.84 Å². The molecule has 6 nitrogen and oxygen atoms in total. The summed E-state index contributed by atoms with van der Waals surface area (Å²) >= 11 is 0. The molecule has 0 atom stereocenters. The van der Waals surface area contributed by atoms with Crippen LogP contribution in [0.5, 0.6) is 0 Å². The number of ether oxygens (including phenoxy) is 1. The van der Waals surface area contributed by atoms with Gasteiger partial charge >= 0.3 is 11.8 Å². The molecule has 0 unspecified atom stereocenters. The predicted molar refractivity (Wildman–Crippen MR) is 80.1 cm³/mol. The topological polar surface area (TPSA) is 87.7 Å². The standard InChI is InChI=1S/C15H22N2O4/c1-11(2)12-3-5-13(6-4-12)17-15(20)14(19)16-7-9-21-10-8-18/h3-6,11,18H,7-10H2,1-2H3,(H,16,19)(H,17,20). The zero-order chi connectivity index (χ0) is 15.7. The highest BCUT2D eigenvalue weighted by Gasteiger charge is 2.12. The van der Waals surface area contributed by atoms with Crippen LogP contribution < -0.4 is 10.6 Å². The molecule has 116 valence electrons. The van der Waals surface area contributed by atoms with Gasteiger partial charge in [0, 0.05) is 12.2 Å². The Kier molecular flexibility index (Phi) is 7.42. The van der Waals surface area contributed by atoms with Crippen LogP contribution in [0.1, 0.15) is 25.3 Å². The van der Waals surface area contributed by atoms with Crippen molar-refractivity contribution in [1.29, 1.82) is 0 Å². The summed E-state index contributed by atoms with van der Waals surface area (Å²) in [4.78, 5) is 23.2. The highest BCUT2D eigenvalue weighted by Crippen LogP contribution is 2.16. The van der Waals surface area contributed by atoms with Crippen molar-refractivity contribution in [1.82, 2.24) is 5.32 Å². The Hall–Kier alpha value is -1.92. The van der Waals surface area contributed by atoms with Gasteiger partial charge in [-0.3, -0.25) is 9.59 Å². The second kappa shape index (κ2) is 9.10. The summed E-state index contributed by atoms with van der Waals surface area (Å²) in [6.07, 6.45) is 0. The number of amides is 2. The number of carbonyl (C=O) groups excluding carboxylic acids is 2. The van der Waals surface area contributed by atoms with E-state index in [0.29, 0.717) is 11.6 Å². The Balaban J connectivity index is 2.36. The molecule has 1 rings (SSSR count). The van der Waals surface area contributed by atoms with E-state index in [2.05, 4.69) is 24.5 Å². The molecule has 2 amide bonds. The summed E-state index contributed by atoms with van der Waals surface area (Å²) < 4.78 is 4.97. The number of hydrogen-bond donors (Lipinski definition) is 3. The van der Waals surface area contributed by atoms with Crippen molar-refractivity contribution in [3.8, 4) is 0 Å². The number of rotatable bonds is 7. The molecular weight excluding hydrogens is 272 g/mol. The summed E-state index contributed by atoms with van der Waals surface area (Å²) in [6, 6.07) is 7.37. The summed E-state index contributed by atoms with van der Waals surface area (Å²) in [5, 5.41) is 13.5. The van der Waals surface area contributed by atoms with Crippen LogP contribution in [0.2, 0.25) is 0 Å². The maximum Gasteiger partial charge on any atom is 0.313 e. The second-order valence-electron chi connectivity index (χ2n) is 4.82.